The number of sulfonamides is 1. The van der Waals surface area contributed by atoms with Crippen LogP contribution >= 0.6 is 11.3 Å². The summed E-state index contributed by atoms with van der Waals surface area (Å²) in [5, 5.41) is 3.41. The molecular weight excluding hydrogens is 304 g/mol. The molecule has 0 unspecified atom stereocenters. The Labute approximate surface area is 131 Å². The fraction of sp³-hybridized carbons (Fsp3) is 0.733. The van der Waals surface area contributed by atoms with E-state index in [0.717, 1.165) is 24.3 Å². The Morgan fingerprint density at radius 2 is 2.05 bits per heavy atom. The normalized spacial score (nSPS) is 20.9. The van der Waals surface area contributed by atoms with Gasteiger partial charge >= 0.3 is 0 Å². The molecule has 0 saturated heterocycles. The first kappa shape index (κ1) is 15.5. The summed E-state index contributed by atoms with van der Waals surface area (Å²) in [6, 6.07) is 4.29. The summed E-state index contributed by atoms with van der Waals surface area (Å²) < 4.78 is 28.0. The monoisotopic (exact) mass is 328 g/mol. The first-order chi connectivity index (χ1) is 9.91. The Balaban J connectivity index is 1.58. The van der Waals surface area contributed by atoms with Gasteiger partial charge in [-0.1, -0.05) is 13.8 Å². The first-order valence-corrected chi connectivity index (χ1v) is 10.0. The molecule has 0 atom stereocenters. The molecular formula is C15H24N2O2S2. The summed E-state index contributed by atoms with van der Waals surface area (Å²) in [6.45, 7) is 5.70. The second-order valence-corrected chi connectivity index (χ2v) is 9.88. The van der Waals surface area contributed by atoms with Crippen LogP contribution in [0.5, 0.6) is 0 Å². The molecule has 6 heteroatoms. The zero-order chi connectivity index (χ0) is 15.1. The molecule has 1 aromatic heterocycles. The third-order valence-electron chi connectivity index (χ3n) is 4.78. The second kappa shape index (κ2) is 5.65. The van der Waals surface area contributed by atoms with Gasteiger partial charge in [-0.15, -0.1) is 11.3 Å². The van der Waals surface area contributed by atoms with Gasteiger partial charge in [-0.3, -0.25) is 0 Å². The molecule has 2 N–H and O–H groups in total. The largest absolute Gasteiger partial charge is 0.309 e. The van der Waals surface area contributed by atoms with E-state index in [2.05, 4.69) is 23.9 Å². The number of nitrogens with one attached hydrogen (secondary N) is 2. The van der Waals surface area contributed by atoms with Gasteiger partial charge in [0.1, 0.15) is 4.21 Å². The Kier molecular flexibility index (Phi) is 4.16. The maximum atomic E-state index is 12.4. The lowest BCUT2D eigenvalue weighted by Gasteiger charge is -2.19. The van der Waals surface area contributed by atoms with Crippen LogP contribution in [0.1, 0.15) is 44.4 Å². The molecule has 0 radical (unpaired) electrons. The van der Waals surface area contributed by atoms with Gasteiger partial charge in [0, 0.05) is 24.0 Å². The number of hydrogen-bond acceptors (Lipinski definition) is 4. The highest BCUT2D eigenvalue weighted by molar-refractivity contribution is 7.91. The van der Waals surface area contributed by atoms with Crippen molar-refractivity contribution in [3.63, 3.8) is 0 Å². The molecule has 21 heavy (non-hydrogen) atoms. The lowest BCUT2D eigenvalue weighted by Crippen LogP contribution is -2.32. The topological polar surface area (TPSA) is 58.2 Å². The maximum Gasteiger partial charge on any atom is 0.250 e. The fourth-order valence-corrected chi connectivity index (χ4v) is 5.05. The minimum Gasteiger partial charge on any atom is -0.309 e. The van der Waals surface area contributed by atoms with Gasteiger partial charge in [0.2, 0.25) is 10.0 Å². The second-order valence-electron chi connectivity index (χ2n) is 6.72. The fourth-order valence-electron chi connectivity index (χ4n) is 2.56. The van der Waals surface area contributed by atoms with E-state index in [1.807, 2.05) is 6.07 Å². The van der Waals surface area contributed by atoms with Crippen molar-refractivity contribution in [2.24, 2.45) is 11.3 Å². The molecule has 0 bridgehead atoms. The molecule has 1 aromatic rings. The highest BCUT2D eigenvalue weighted by Crippen LogP contribution is 2.51. The third kappa shape index (κ3) is 3.67. The molecule has 0 spiro atoms. The SMILES string of the molecule is CC(C)C1(CNS(=O)(=O)c2ccc(CNC3CC3)s2)CC1. The molecule has 0 aromatic carbocycles. The van der Waals surface area contributed by atoms with Crippen LogP contribution in [0, 0.1) is 11.3 Å². The quantitative estimate of drug-likeness (QED) is 0.771. The molecule has 4 nitrogen and oxygen atoms in total. The summed E-state index contributed by atoms with van der Waals surface area (Å²) in [4.78, 5) is 1.09. The van der Waals surface area contributed by atoms with Crippen LogP contribution in [0.15, 0.2) is 16.3 Å². The van der Waals surface area contributed by atoms with Crippen molar-refractivity contribution in [3.8, 4) is 0 Å². The average molecular weight is 329 g/mol. The van der Waals surface area contributed by atoms with Gasteiger partial charge in [0.25, 0.3) is 0 Å². The summed E-state index contributed by atoms with van der Waals surface area (Å²) in [5.41, 5.74) is 0.195. The summed E-state index contributed by atoms with van der Waals surface area (Å²) in [6.07, 6.45) is 4.76. The predicted octanol–water partition coefficient (Wildman–Crippen LogP) is 2.71. The van der Waals surface area contributed by atoms with Crippen LogP contribution in [0.4, 0.5) is 0 Å². The van der Waals surface area contributed by atoms with Crippen molar-refractivity contribution >= 4 is 21.4 Å². The Morgan fingerprint density at radius 3 is 2.62 bits per heavy atom. The molecule has 0 aliphatic heterocycles. The number of hydrogen-bond donors (Lipinski definition) is 2. The molecule has 118 valence electrons. The molecule has 2 aliphatic carbocycles. The van der Waals surface area contributed by atoms with E-state index in [9.17, 15) is 8.42 Å². The third-order valence-corrected chi connectivity index (χ3v) is 7.75. The molecule has 0 amide bonds. The van der Waals surface area contributed by atoms with E-state index >= 15 is 0 Å². The summed E-state index contributed by atoms with van der Waals surface area (Å²) in [7, 11) is -3.35. The Hall–Kier alpha value is -0.430. The molecule has 1 heterocycles. The van der Waals surface area contributed by atoms with Crippen molar-refractivity contribution in [2.45, 2.75) is 56.3 Å². The molecule has 2 saturated carbocycles. The van der Waals surface area contributed by atoms with Crippen LogP contribution in [0.3, 0.4) is 0 Å². The first-order valence-electron chi connectivity index (χ1n) is 7.73. The Morgan fingerprint density at radius 1 is 1.33 bits per heavy atom. The van der Waals surface area contributed by atoms with E-state index in [4.69, 9.17) is 0 Å². The number of rotatable bonds is 8. The molecule has 3 rings (SSSR count). The highest BCUT2D eigenvalue weighted by Gasteiger charge is 2.45. The van der Waals surface area contributed by atoms with E-state index in [-0.39, 0.29) is 5.41 Å². The van der Waals surface area contributed by atoms with E-state index in [0.29, 0.717) is 22.7 Å². The van der Waals surface area contributed by atoms with Gasteiger partial charge in [-0.25, -0.2) is 13.1 Å². The summed E-state index contributed by atoms with van der Waals surface area (Å²) >= 11 is 1.38. The van der Waals surface area contributed by atoms with Crippen LogP contribution in [0.25, 0.3) is 0 Å². The van der Waals surface area contributed by atoms with Crippen molar-refractivity contribution in [1.82, 2.24) is 10.0 Å². The summed E-state index contributed by atoms with van der Waals surface area (Å²) in [5.74, 6) is 0.529. The zero-order valence-corrected chi connectivity index (χ0v) is 14.3. The lowest BCUT2D eigenvalue weighted by molar-refractivity contribution is 0.357. The van der Waals surface area contributed by atoms with Crippen LogP contribution in [-0.2, 0) is 16.6 Å². The van der Waals surface area contributed by atoms with Crippen molar-refractivity contribution in [2.75, 3.05) is 6.54 Å². The van der Waals surface area contributed by atoms with Crippen molar-refractivity contribution in [1.29, 1.82) is 0 Å². The maximum absolute atomic E-state index is 12.4. The molecule has 2 fully saturated rings. The van der Waals surface area contributed by atoms with Crippen LogP contribution in [-0.4, -0.2) is 21.0 Å². The van der Waals surface area contributed by atoms with Gasteiger partial charge in [0.05, 0.1) is 0 Å². The van der Waals surface area contributed by atoms with Gasteiger partial charge in [-0.05, 0) is 49.1 Å². The van der Waals surface area contributed by atoms with Crippen molar-refractivity contribution < 1.29 is 8.42 Å². The standard InChI is InChI=1S/C15H24N2O2S2/c1-11(2)15(7-8-15)10-17-21(18,19)14-6-5-13(20-14)9-16-12-3-4-12/h5-6,11-12,16-17H,3-4,7-10H2,1-2H3. The van der Waals surface area contributed by atoms with Gasteiger partial charge in [0.15, 0.2) is 0 Å². The van der Waals surface area contributed by atoms with Crippen LogP contribution in [0.2, 0.25) is 0 Å². The van der Waals surface area contributed by atoms with E-state index in [1.165, 1.54) is 24.2 Å². The minimum absolute atomic E-state index is 0.195. The van der Waals surface area contributed by atoms with E-state index < -0.39 is 10.0 Å². The van der Waals surface area contributed by atoms with E-state index in [1.54, 1.807) is 6.07 Å². The zero-order valence-electron chi connectivity index (χ0n) is 12.7. The number of thiophene rings is 1. The minimum atomic E-state index is -3.35. The predicted molar refractivity (Wildman–Crippen MR) is 85.9 cm³/mol. The smallest absolute Gasteiger partial charge is 0.250 e. The van der Waals surface area contributed by atoms with Gasteiger partial charge in [-0.2, -0.15) is 0 Å². The van der Waals surface area contributed by atoms with Crippen molar-refractivity contribution in [3.05, 3.63) is 17.0 Å². The molecule has 2 aliphatic rings. The van der Waals surface area contributed by atoms with Gasteiger partial charge < -0.3 is 5.32 Å². The highest BCUT2D eigenvalue weighted by atomic mass is 32.2. The Bertz CT molecular complexity index is 599. The average Bonchev–Trinajstić information content (AvgIpc) is 3.34. The van der Waals surface area contributed by atoms with Crippen LogP contribution < -0.4 is 10.0 Å². The lowest BCUT2D eigenvalue weighted by atomic mass is 9.93.